The number of carbonyl (C=O) groups excluding carboxylic acids is 2. The Balaban J connectivity index is 1.30. The van der Waals surface area contributed by atoms with E-state index in [-0.39, 0.29) is 17.6 Å². The molecule has 1 aliphatic rings. The number of carbonyl (C=O) groups is 2. The van der Waals surface area contributed by atoms with Gasteiger partial charge in [0.2, 0.25) is 5.91 Å². The molecular formula is C25H27FN4O2. The normalized spacial score (nSPS) is 13.9. The van der Waals surface area contributed by atoms with Crippen molar-refractivity contribution >= 4 is 11.8 Å². The lowest BCUT2D eigenvalue weighted by atomic mass is 10.1. The van der Waals surface area contributed by atoms with Crippen molar-refractivity contribution in [2.75, 3.05) is 26.2 Å². The number of halogens is 1. The van der Waals surface area contributed by atoms with Crippen LogP contribution in [0.5, 0.6) is 0 Å². The van der Waals surface area contributed by atoms with Crippen LogP contribution < -0.4 is 0 Å². The molecule has 7 heteroatoms. The number of piperazine rings is 1. The van der Waals surface area contributed by atoms with Crippen LogP contribution in [0.4, 0.5) is 4.39 Å². The van der Waals surface area contributed by atoms with Crippen molar-refractivity contribution < 1.29 is 14.0 Å². The number of aromatic nitrogens is 2. The van der Waals surface area contributed by atoms with Crippen LogP contribution in [-0.2, 0) is 11.2 Å². The minimum absolute atomic E-state index is 0.0907. The zero-order chi connectivity index (χ0) is 22.5. The highest BCUT2D eigenvalue weighted by molar-refractivity contribution is 5.95. The van der Waals surface area contributed by atoms with Gasteiger partial charge in [-0.25, -0.2) is 9.07 Å². The molecule has 0 atom stereocenters. The van der Waals surface area contributed by atoms with E-state index >= 15 is 0 Å². The summed E-state index contributed by atoms with van der Waals surface area (Å²) in [6.45, 7) is 3.92. The van der Waals surface area contributed by atoms with E-state index in [0.29, 0.717) is 49.5 Å². The highest BCUT2D eigenvalue weighted by Crippen LogP contribution is 2.18. The summed E-state index contributed by atoms with van der Waals surface area (Å²) in [5, 5.41) is 4.32. The first-order chi connectivity index (χ1) is 15.5. The molecule has 6 nitrogen and oxygen atoms in total. The lowest BCUT2D eigenvalue weighted by Gasteiger charge is -2.34. The van der Waals surface area contributed by atoms with Crippen molar-refractivity contribution in [2.45, 2.75) is 26.2 Å². The molecule has 0 radical (unpaired) electrons. The Kier molecular flexibility index (Phi) is 6.63. The van der Waals surface area contributed by atoms with Crippen LogP contribution in [0.25, 0.3) is 5.69 Å². The summed E-state index contributed by atoms with van der Waals surface area (Å²) in [5.41, 5.74) is 3.18. The predicted octanol–water partition coefficient (Wildman–Crippen LogP) is 3.63. The lowest BCUT2D eigenvalue weighted by molar-refractivity contribution is -0.132. The van der Waals surface area contributed by atoms with Crippen LogP contribution >= 0.6 is 0 Å². The third kappa shape index (κ3) is 4.88. The molecule has 1 saturated heterocycles. The molecule has 2 amide bonds. The first kappa shape index (κ1) is 21.7. The zero-order valence-corrected chi connectivity index (χ0v) is 18.2. The van der Waals surface area contributed by atoms with Gasteiger partial charge >= 0.3 is 0 Å². The Morgan fingerprint density at radius 1 is 0.938 bits per heavy atom. The molecule has 32 heavy (non-hydrogen) atoms. The molecule has 1 aliphatic heterocycles. The first-order valence-electron chi connectivity index (χ1n) is 10.9. The zero-order valence-electron chi connectivity index (χ0n) is 18.2. The van der Waals surface area contributed by atoms with Gasteiger partial charge in [0.05, 0.1) is 23.1 Å². The van der Waals surface area contributed by atoms with Crippen molar-refractivity contribution in [3.63, 3.8) is 0 Å². The summed E-state index contributed by atoms with van der Waals surface area (Å²) in [6, 6.07) is 16.2. The third-order valence-electron chi connectivity index (χ3n) is 5.93. The van der Waals surface area contributed by atoms with Gasteiger partial charge in [-0.1, -0.05) is 30.3 Å². The fourth-order valence-electron chi connectivity index (χ4n) is 4.04. The maximum absolute atomic E-state index is 13.2. The molecule has 2 aromatic carbocycles. The van der Waals surface area contributed by atoms with Gasteiger partial charge in [-0.3, -0.25) is 9.59 Å². The topological polar surface area (TPSA) is 58.4 Å². The number of aryl methyl sites for hydroxylation is 1. The van der Waals surface area contributed by atoms with Crippen LogP contribution in [0.1, 0.15) is 34.5 Å². The standard InChI is InChI=1S/C25H27FN4O2/c1-19-23(18-27-30(19)22-12-10-21(26)11-13-22)25(32)29-16-14-28(15-17-29)24(31)9-5-8-20-6-3-2-4-7-20/h2-4,6-7,10-13,18H,5,8-9,14-17H2,1H3. The fourth-order valence-corrected chi connectivity index (χ4v) is 4.04. The van der Waals surface area contributed by atoms with Gasteiger partial charge < -0.3 is 9.80 Å². The monoisotopic (exact) mass is 434 g/mol. The van der Waals surface area contributed by atoms with Gasteiger partial charge in [-0.15, -0.1) is 0 Å². The number of hydrogen-bond donors (Lipinski definition) is 0. The summed E-state index contributed by atoms with van der Waals surface area (Å²) in [5.74, 6) is -0.261. The predicted molar refractivity (Wildman–Crippen MR) is 120 cm³/mol. The largest absolute Gasteiger partial charge is 0.339 e. The average Bonchev–Trinajstić information content (AvgIpc) is 3.21. The molecule has 1 fully saturated rings. The van der Waals surface area contributed by atoms with E-state index in [1.807, 2.05) is 30.0 Å². The molecule has 0 spiro atoms. The van der Waals surface area contributed by atoms with Crippen LogP contribution in [0.2, 0.25) is 0 Å². The summed E-state index contributed by atoms with van der Waals surface area (Å²) in [7, 11) is 0. The maximum atomic E-state index is 13.2. The molecule has 3 aromatic rings. The highest BCUT2D eigenvalue weighted by Gasteiger charge is 2.26. The number of amides is 2. The summed E-state index contributed by atoms with van der Waals surface area (Å²) >= 11 is 0. The van der Waals surface area contributed by atoms with E-state index in [1.165, 1.54) is 17.7 Å². The first-order valence-corrected chi connectivity index (χ1v) is 10.9. The quantitative estimate of drug-likeness (QED) is 0.595. The molecular weight excluding hydrogens is 407 g/mol. The second kappa shape index (κ2) is 9.77. The van der Waals surface area contributed by atoms with E-state index < -0.39 is 0 Å². The number of benzene rings is 2. The summed E-state index contributed by atoms with van der Waals surface area (Å²) in [4.78, 5) is 29.2. The minimum Gasteiger partial charge on any atom is -0.339 e. The molecule has 4 rings (SSSR count). The van der Waals surface area contributed by atoms with Gasteiger partial charge in [0.15, 0.2) is 0 Å². The van der Waals surface area contributed by atoms with E-state index in [9.17, 15) is 14.0 Å². The van der Waals surface area contributed by atoms with Gasteiger partial charge in [0.1, 0.15) is 5.82 Å². The van der Waals surface area contributed by atoms with E-state index in [1.54, 1.807) is 27.9 Å². The van der Waals surface area contributed by atoms with E-state index in [4.69, 9.17) is 0 Å². The van der Waals surface area contributed by atoms with Crippen LogP contribution in [0, 0.1) is 12.7 Å². The number of hydrogen-bond acceptors (Lipinski definition) is 3. The highest BCUT2D eigenvalue weighted by atomic mass is 19.1. The molecule has 0 saturated carbocycles. The van der Waals surface area contributed by atoms with Crippen molar-refractivity contribution in [1.29, 1.82) is 0 Å². The summed E-state index contributed by atoms with van der Waals surface area (Å²) in [6.07, 6.45) is 3.79. The number of nitrogens with zero attached hydrogens (tertiary/aromatic N) is 4. The van der Waals surface area contributed by atoms with E-state index in [2.05, 4.69) is 17.2 Å². The van der Waals surface area contributed by atoms with Crippen LogP contribution in [0.3, 0.4) is 0 Å². The van der Waals surface area contributed by atoms with Crippen molar-refractivity contribution in [3.05, 3.63) is 83.4 Å². The fraction of sp³-hybridized carbons (Fsp3) is 0.320. The van der Waals surface area contributed by atoms with Crippen molar-refractivity contribution in [3.8, 4) is 5.69 Å². The average molecular weight is 435 g/mol. The Bertz CT molecular complexity index is 1070. The van der Waals surface area contributed by atoms with Gasteiger partial charge in [0, 0.05) is 32.6 Å². The molecule has 166 valence electrons. The SMILES string of the molecule is Cc1c(C(=O)N2CCN(C(=O)CCCc3ccccc3)CC2)cnn1-c1ccc(F)cc1. The maximum Gasteiger partial charge on any atom is 0.257 e. The molecule has 0 N–H and O–H groups in total. The molecule has 2 heterocycles. The van der Waals surface area contributed by atoms with Crippen molar-refractivity contribution in [1.82, 2.24) is 19.6 Å². The molecule has 0 aliphatic carbocycles. The molecule has 0 bridgehead atoms. The van der Waals surface area contributed by atoms with Crippen LogP contribution in [-0.4, -0.2) is 57.6 Å². The minimum atomic E-state index is -0.317. The van der Waals surface area contributed by atoms with Gasteiger partial charge in [0.25, 0.3) is 5.91 Å². The van der Waals surface area contributed by atoms with Crippen molar-refractivity contribution in [2.24, 2.45) is 0 Å². The van der Waals surface area contributed by atoms with Crippen LogP contribution in [0.15, 0.2) is 60.8 Å². The lowest BCUT2D eigenvalue weighted by Crippen LogP contribution is -2.50. The third-order valence-corrected chi connectivity index (χ3v) is 5.93. The smallest absolute Gasteiger partial charge is 0.257 e. The number of rotatable bonds is 6. The Labute approximate surface area is 187 Å². The molecule has 1 aromatic heterocycles. The van der Waals surface area contributed by atoms with Gasteiger partial charge in [-0.05, 0) is 49.6 Å². The Morgan fingerprint density at radius 2 is 1.59 bits per heavy atom. The second-order valence-electron chi connectivity index (χ2n) is 8.04. The Hall–Kier alpha value is -3.48. The van der Waals surface area contributed by atoms with Gasteiger partial charge in [-0.2, -0.15) is 5.10 Å². The Morgan fingerprint density at radius 3 is 2.28 bits per heavy atom. The summed E-state index contributed by atoms with van der Waals surface area (Å²) < 4.78 is 14.8. The molecule has 0 unspecified atom stereocenters. The second-order valence-corrected chi connectivity index (χ2v) is 8.04. The van der Waals surface area contributed by atoms with E-state index in [0.717, 1.165) is 12.8 Å².